The fourth-order valence-electron chi connectivity index (χ4n) is 1.85. The van der Waals surface area contributed by atoms with Gasteiger partial charge in [0.2, 0.25) is 0 Å². The van der Waals surface area contributed by atoms with E-state index in [1.807, 2.05) is 13.8 Å². The number of halogens is 1. The lowest BCUT2D eigenvalue weighted by atomic mass is 10.2. The molecule has 0 aliphatic rings. The maximum absolute atomic E-state index is 12.4. The number of nitrogens with one attached hydrogen (secondary N) is 1. The first-order valence-electron chi connectivity index (χ1n) is 6.35. The van der Waals surface area contributed by atoms with Gasteiger partial charge in [0.1, 0.15) is 0 Å². The van der Waals surface area contributed by atoms with Gasteiger partial charge < -0.3 is 5.73 Å². The van der Waals surface area contributed by atoms with E-state index in [4.69, 9.17) is 17.3 Å². The first kappa shape index (κ1) is 16.2. The van der Waals surface area contributed by atoms with E-state index < -0.39 is 10.0 Å². The summed E-state index contributed by atoms with van der Waals surface area (Å²) in [6.07, 6.45) is 0.766. The minimum Gasteiger partial charge on any atom is -0.326 e. The van der Waals surface area contributed by atoms with Crippen LogP contribution in [0.2, 0.25) is 5.02 Å². The zero-order valence-electron chi connectivity index (χ0n) is 11.7. The van der Waals surface area contributed by atoms with Gasteiger partial charge in [-0.25, -0.2) is 13.4 Å². The molecule has 0 saturated heterocycles. The first-order valence-corrected chi connectivity index (χ1v) is 9.02. The van der Waals surface area contributed by atoms with Crippen LogP contribution in [-0.2, 0) is 23.0 Å². The average Bonchev–Trinajstić information content (AvgIpc) is 2.78. The van der Waals surface area contributed by atoms with E-state index in [0.717, 1.165) is 17.0 Å². The zero-order valence-corrected chi connectivity index (χ0v) is 14.1. The van der Waals surface area contributed by atoms with Crippen molar-refractivity contribution in [1.29, 1.82) is 0 Å². The van der Waals surface area contributed by atoms with E-state index >= 15 is 0 Å². The third-order valence-electron chi connectivity index (χ3n) is 3.00. The standard InChI is InChI=1S/C13H16ClN3O2S2/c1-3-12-8(2)20-13(16-12)17-21(18,19)10-4-5-11(14)9(6-10)7-15/h4-6H,3,7,15H2,1-2H3,(H,16,17). The van der Waals surface area contributed by atoms with Crippen LogP contribution in [0.25, 0.3) is 0 Å². The summed E-state index contributed by atoms with van der Waals surface area (Å²) in [6, 6.07) is 4.46. The van der Waals surface area contributed by atoms with E-state index in [1.54, 1.807) is 0 Å². The molecule has 2 rings (SSSR count). The molecule has 1 heterocycles. The molecule has 0 saturated carbocycles. The topological polar surface area (TPSA) is 85.1 Å². The van der Waals surface area contributed by atoms with Crippen LogP contribution in [0.3, 0.4) is 0 Å². The van der Waals surface area contributed by atoms with Crippen molar-refractivity contribution in [2.24, 2.45) is 5.73 Å². The van der Waals surface area contributed by atoms with Crippen LogP contribution in [0.1, 0.15) is 23.1 Å². The second kappa shape index (κ2) is 6.31. The predicted molar refractivity (Wildman–Crippen MR) is 86.4 cm³/mol. The Balaban J connectivity index is 2.33. The summed E-state index contributed by atoms with van der Waals surface area (Å²) >= 11 is 7.27. The van der Waals surface area contributed by atoms with Crippen molar-refractivity contribution in [2.75, 3.05) is 4.72 Å². The molecule has 1 aromatic carbocycles. The number of aryl methyl sites for hydroxylation is 2. The van der Waals surface area contributed by atoms with Crippen molar-refractivity contribution in [1.82, 2.24) is 4.98 Å². The van der Waals surface area contributed by atoms with E-state index in [0.29, 0.717) is 15.7 Å². The van der Waals surface area contributed by atoms with Gasteiger partial charge in [-0.2, -0.15) is 0 Å². The van der Waals surface area contributed by atoms with Crippen LogP contribution < -0.4 is 10.5 Å². The van der Waals surface area contributed by atoms with Crippen LogP contribution >= 0.6 is 22.9 Å². The highest BCUT2D eigenvalue weighted by molar-refractivity contribution is 7.93. The van der Waals surface area contributed by atoms with Crippen LogP contribution in [-0.4, -0.2) is 13.4 Å². The van der Waals surface area contributed by atoms with Crippen LogP contribution in [0.15, 0.2) is 23.1 Å². The fourth-order valence-corrected chi connectivity index (χ4v) is 4.23. The lowest BCUT2D eigenvalue weighted by molar-refractivity contribution is 0.601. The Morgan fingerprint density at radius 1 is 1.43 bits per heavy atom. The molecule has 0 fully saturated rings. The second-order valence-corrected chi connectivity index (χ2v) is 7.73. The highest BCUT2D eigenvalue weighted by Gasteiger charge is 2.18. The molecule has 0 unspecified atom stereocenters. The molecule has 5 nitrogen and oxygen atoms in total. The Morgan fingerprint density at radius 3 is 2.71 bits per heavy atom. The minimum absolute atomic E-state index is 0.123. The Kier molecular flexibility index (Phi) is 4.88. The number of thiazole rings is 1. The van der Waals surface area contributed by atoms with Gasteiger partial charge in [-0.3, -0.25) is 4.72 Å². The molecule has 0 bridgehead atoms. The van der Waals surface area contributed by atoms with Crippen molar-refractivity contribution in [3.8, 4) is 0 Å². The molecule has 0 radical (unpaired) electrons. The van der Waals surface area contributed by atoms with Crippen LogP contribution in [0, 0.1) is 6.92 Å². The summed E-state index contributed by atoms with van der Waals surface area (Å²) in [5.74, 6) is 0. The Morgan fingerprint density at radius 2 is 2.14 bits per heavy atom. The normalized spacial score (nSPS) is 11.6. The smallest absolute Gasteiger partial charge is 0.263 e. The van der Waals surface area contributed by atoms with Crippen LogP contribution in [0.4, 0.5) is 5.13 Å². The van der Waals surface area contributed by atoms with E-state index in [9.17, 15) is 8.42 Å². The second-order valence-electron chi connectivity index (χ2n) is 4.44. The maximum atomic E-state index is 12.4. The molecule has 0 aliphatic heterocycles. The third-order valence-corrected chi connectivity index (χ3v) is 5.76. The SMILES string of the molecule is CCc1nc(NS(=O)(=O)c2ccc(Cl)c(CN)c2)sc1C. The number of aromatic nitrogens is 1. The number of benzene rings is 1. The summed E-state index contributed by atoms with van der Waals surface area (Å²) in [4.78, 5) is 5.41. The van der Waals surface area contributed by atoms with Gasteiger partial charge in [0, 0.05) is 16.4 Å². The van der Waals surface area contributed by atoms with Crippen molar-refractivity contribution in [3.63, 3.8) is 0 Å². The number of anilines is 1. The summed E-state index contributed by atoms with van der Waals surface area (Å²) in [5, 5.41) is 0.823. The summed E-state index contributed by atoms with van der Waals surface area (Å²) < 4.78 is 27.2. The Bertz CT molecular complexity index is 757. The third kappa shape index (κ3) is 3.55. The molecule has 8 heteroatoms. The van der Waals surface area contributed by atoms with Gasteiger partial charge in [0.25, 0.3) is 10.0 Å². The van der Waals surface area contributed by atoms with Gasteiger partial charge in [0.15, 0.2) is 5.13 Å². The van der Waals surface area contributed by atoms with Crippen molar-refractivity contribution >= 4 is 38.1 Å². The van der Waals surface area contributed by atoms with Gasteiger partial charge in [-0.05, 0) is 37.1 Å². The maximum Gasteiger partial charge on any atom is 0.263 e. The van der Waals surface area contributed by atoms with Crippen molar-refractivity contribution < 1.29 is 8.42 Å². The lowest BCUT2D eigenvalue weighted by Crippen LogP contribution is -2.13. The Labute approximate surface area is 133 Å². The number of nitrogens with zero attached hydrogens (tertiary/aromatic N) is 1. The number of hydrogen-bond acceptors (Lipinski definition) is 5. The van der Waals surface area contributed by atoms with E-state index in [1.165, 1.54) is 29.5 Å². The van der Waals surface area contributed by atoms with Gasteiger partial charge in [0.05, 0.1) is 10.6 Å². The molecule has 0 spiro atoms. The zero-order chi connectivity index (χ0) is 15.6. The Hall–Kier alpha value is -1.15. The molecule has 1 aromatic heterocycles. The molecule has 2 aromatic rings. The lowest BCUT2D eigenvalue weighted by Gasteiger charge is -2.07. The quantitative estimate of drug-likeness (QED) is 0.872. The van der Waals surface area contributed by atoms with E-state index in [-0.39, 0.29) is 11.4 Å². The molecular formula is C13H16ClN3O2S2. The molecule has 21 heavy (non-hydrogen) atoms. The van der Waals surface area contributed by atoms with Gasteiger partial charge >= 0.3 is 0 Å². The predicted octanol–water partition coefficient (Wildman–Crippen LogP) is 2.93. The average molecular weight is 346 g/mol. The highest BCUT2D eigenvalue weighted by atomic mass is 35.5. The number of rotatable bonds is 5. The molecule has 0 atom stereocenters. The molecule has 0 amide bonds. The van der Waals surface area contributed by atoms with E-state index in [2.05, 4.69) is 9.71 Å². The summed E-state index contributed by atoms with van der Waals surface area (Å²) in [5.41, 5.74) is 7.03. The van der Waals surface area contributed by atoms with Gasteiger partial charge in [-0.1, -0.05) is 18.5 Å². The first-order chi connectivity index (χ1) is 9.87. The molecule has 0 aliphatic carbocycles. The van der Waals surface area contributed by atoms with Crippen LogP contribution in [0.5, 0.6) is 0 Å². The molecular weight excluding hydrogens is 330 g/mol. The molecule has 114 valence electrons. The minimum atomic E-state index is -3.69. The number of nitrogens with two attached hydrogens (primary N) is 1. The summed E-state index contributed by atoms with van der Waals surface area (Å²) in [7, 11) is -3.69. The van der Waals surface area contributed by atoms with Crippen molar-refractivity contribution in [3.05, 3.63) is 39.4 Å². The largest absolute Gasteiger partial charge is 0.326 e. The summed E-state index contributed by atoms with van der Waals surface area (Å²) in [6.45, 7) is 4.08. The molecule has 3 N–H and O–H groups in total. The highest BCUT2D eigenvalue weighted by Crippen LogP contribution is 2.26. The number of hydrogen-bond donors (Lipinski definition) is 2. The van der Waals surface area contributed by atoms with Crippen molar-refractivity contribution in [2.45, 2.75) is 31.7 Å². The monoisotopic (exact) mass is 345 g/mol. The van der Waals surface area contributed by atoms with Gasteiger partial charge in [-0.15, -0.1) is 11.3 Å². The fraction of sp³-hybridized carbons (Fsp3) is 0.308. The number of sulfonamides is 1.